The normalized spacial score (nSPS) is 12.7. The Morgan fingerprint density at radius 1 is 1.05 bits per heavy atom. The van der Waals surface area contributed by atoms with Crippen LogP contribution in [-0.4, -0.2) is 4.98 Å². The van der Waals surface area contributed by atoms with Gasteiger partial charge in [0.1, 0.15) is 15.7 Å². The molecular weight excluding hydrogens is 285 g/mol. The van der Waals surface area contributed by atoms with Gasteiger partial charge in [-0.1, -0.05) is 32.9 Å². The maximum absolute atomic E-state index is 12.5. The summed E-state index contributed by atoms with van der Waals surface area (Å²) < 4.78 is 37.6. The predicted octanol–water partition coefficient (Wildman–Crippen LogP) is 4.71. The number of aromatic nitrogens is 1. The third-order valence-corrected chi connectivity index (χ3v) is 4.09. The first-order chi connectivity index (χ1) is 9.09. The second-order valence-electron chi connectivity index (χ2n) is 5.56. The van der Waals surface area contributed by atoms with Crippen LogP contribution in [0.25, 0.3) is 11.3 Å². The number of halogens is 3. The van der Waals surface area contributed by atoms with Crippen LogP contribution in [0.2, 0.25) is 0 Å². The van der Waals surface area contributed by atoms with E-state index in [9.17, 15) is 13.2 Å². The number of anilines is 1. The van der Waals surface area contributed by atoms with Gasteiger partial charge < -0.3 is 5.73 Å². The third-order valence-electron chi connectivity index (χ3n) is 2.78. The van der Waals surface area contributed by atoms with E-state index in [1.54, 1.807) is 0 Å². The quantitative estimate of drug-likeness (QED) is 0.828. The van der Waals surface area contributed by atoms with E-state index in [0.717, 1.165) is 17.1 Å². The molecule has 2 rings (SSSR count). The standard InChI is InChI=1S/C14H15F3N2S/c1-13(2,3)12-19-10(11(18)20-12)8-4-6-9(7-5-8)14(15,16)17/h4-7H,18H2,1-3H3. The smallest absolute Gasteiger partial charge is 0.389 e. The minimum absolute atomic E-state index is 0.136. The van der Waals surface area contributed by atoms with Gasteiger partial charge in [-0.15, -0.1) is 11.3 Å². The summed E-state index contributed by atoms with van der Waals surface area (Å²) >= 11 is 1.37. The summed E-state index contributed by atoms with van der Waals surface area (Å²) in [6.45, 7) is 6.05. The highest BCUT2D eigenvalue weighted by atomic mass is 32.1. The molecule has 2 N–H and O–H groups in total. The van der Waals surface area contributed by atoms with Crippen LogP contribution in [0.1, 0.15) is 31.3 Å². The van der Waals surface area contributed by atoms with Crippen LogP contribution in [0.15, 0.2) is 24.3 Å². The second-order valence-corrected chi connectivity index (χ2v) is 6.59. The number of nitrogens with two attached hydrogens (primary N) is 1. The molecule has 2 nitrogen and oxygen atoms in total. The van der Waals surface area contributed by atoms with Crippen molar-refractivity contribution in [1.29, 1.82) is 0 Å². The highest BCUT2D eigenvalue weighted by Crippen LogP contribution is 2.37. The van der Waals surface area contributed by atoms with Crippen molar-refractivity contribution < 1.29 is 13.2 Å². The van der Waals surface area contributed by atoms with Gasteiger partial charge in [0.05, 0.1) is 5.56 Å². The zero-order valence-electron chi connectivity index (χ0n) is 11.4. The van der Waals surface area contributed by atoms with E-state index in [0.29, 0.717) is 16.3 Å². The van der Waals surface area contributed by atoms with E-state index in [-0.39, 0.29) is 5.41 Å². The number of thiazole rings is 1. The molecular formula is C14H15F3N2S. The van der Waals surface area contributed by atoms with E-state index in [2.05, 4.69) is 4.98 Å². The van der Waals surface area contributed by atoms with Gasteiger partial charge >= 0.3 is 6.18 Å². The van der Waals surface area contributed by atoms with Crippen LogP contribution in [0.3, 0.4) is 0 Å². The van der Waals surface area contributed by atoms with E-state index < -0.39 is 11.7 Å². The van der Waals surface area contributed by atoms with Crippen LogP contribution < -0.4 is 5.73 Å². The highest BCUT2D eigenvalue weighted by Gasteiger charge is 2.30. The summed E-state index contributed by atoms with van der Waals surface area (Å²) in [5.74, 6) is 0. The van der Waals surface area contributed by atoms with Gasteiger partial charge in [0.2, 0.25) is 0 Å². The van der Waals surface area contributed by atoms with Crippen LogP contribution in [0.4, 0.5) is 18.2 Å². The molecule has 6 heteroatoms. The van der Waals surface area contributed by atoms with E-state index >= 15 is 0 Å². The van der Waals surface area contributed by atoms with Gasteiger partial charge in [0.25, 0.3) is 0 Å². The Bertz CT molecular complexity index is 607. The van der Waals surface area contributed by atoms with Gasteiger partial charge in [-0.3, -0.25) is 0 Å². The average molecular weight is 300 g/mol. The number of nitrogen functional groups attached to an aromatic ring is 1. The molecule has 0 fully saturated rings. The molecule has 0 atom stereocenters. The van der Waals surface area contributed by atoms with Gasteiger partial charge in [-0.05, 0) is 12.1 Å². The molecule has 0 saturated carbocycles. The fraction of sp³-hybridized carbons (Fsp3) is 0.357. The molecule has 0 unspecified atom stereocenters. The van der Waals surface area contributed by atoms with Crippen LogP contribution >= 0.6 is 11.3 Å². The molecule has 1 heterocycles. The first-order valence-electron chi connectivity index (χ1n) is 6.03. The largest absolute Gasteiger partial charge is 0.416 e. The molecule has 0 aliphatic rings. The number of nitrogens with zero attached hydrogens (tertiary/aromatic N) is 1. The van der Waals surface area contributed by atoms with Crippen molar-refractivity contribution in [2.45, 2.75) is 32.4 Å². The molecule has 0 saturated heterocycles. The molecule has 0 aliphatic heterocycles. The van der Waals surface area contributed by atoms with E-state index in [1.807, 2.05) is 20.8 Å². The fourth-order valence-corrected chi connectivity index (χ4v) is 2.59. The highest BCUT2D eigenvalue weighted by molar-refractivity contribution is 7.16. The van der Waals surface area contributed by atoms with Crippen LogP contribution in [0, 0.1) is 0 Å². The van der Waals surface area contributed by atoms with Gasteiger partial charge in [-0.25, -0.2) is 4.98 Å². The third kappa shape index (κ3) is 2.95. The molecule has 1 aromatic carbocycles. The molecule has 0 bridgehead atoms. The summed E-state index contributed by atoms with van der Waals surface area (Å²) in [7, 11) is 0. The maximum Gasteiger partial charge on any atom is 0.416 e. The van der Waals surface area contributed by atoms with Crippen molar-refractivity contribution in [1.82, 2.24) is 4.98 Å². The molecule has 0 radical (unpaired) electrons. The van der Waals surface area contributed by atoms with Crippen molar-refractivity contribution in [3.05, 3.63) is 34.8 Å². The number of rotatable bonds is 1. The summed E-state index contributed by atoms with van der Waals surface area (Å²) in [4.78, 5) is 4.46. The summed E-state index contributed by atoms with van der Waals surface area (Å²) in [5.41, 5.74) is 6.27. The van der Waals surface area contributed by atoms with Crippen molar-refractivity contribution >= 4 is 16.3 Å². The number of alkyl halides is 3. The van der Waals surface area contributed by atoms with Gasteiger partial charge in [0.15, 0.2) is 0 Å². The lowest BCUT2D eigenvalue weighted by Gasteiger charge is -2.13. The Hall–Kier alpha value is -1.56. The zero-order valence-corrected chi connectivity index (χ0v) is 12.2. The topological polar surface area (TPSA) is 38.9 Å². The van der Waals surface area contributed by atoms with Crippen LogP contribution in [-0.2, 0) is 11.6 Å². The minimum Gasteiger partial charge on any atom is -0.389 e. The molecule has 0 spiro atoms. The van der Waals surface area contributed by atoms with Crippen LogP contribution in [0.5, 0.6) is 0 Å². The number of hydrogen-bond donors (Lipinski definition) is 1. The van der Waals surface area contributed by atoms with E-state index in [4.69, 9.17) is 5.73 Å². The fourth-order valence-electron chi connectivity index (χ4n) is 1.68. The Balaban J connectivity index is 2.40. The van der Waals surface area contributed by atoms with Crippen molar-refractivity contribution in [2.75, 3.05) is 5.73 Å². The average Bonchev–Trinajstić information content (AvgIpc) is 2.70. The minimum atomic E-state index is -4.33. The molecule has 108 valence electrons. The molecule has 2 aromatic rings. The molecule has 0 aliphatic carbocycles. The zero-order chi connectivity index (χ0) is 15.1. The first kappa shape index (κ1) is 14.8. The summed E-state index contributed by atoms with van der Waals surface area (Å²) in [6.07, 6.45) is -4.33. The Morgan fingerprint density at radius 2 is 1.60 bits per heavy atom. The van der Waals surface area contributed by atoms with Crippen molar-refractivity contribution in [3.63, 3.8) is 0 Å². The van der Waals surface area contributed by atoms with Crippen molar-refractivity contribution in [3.8, 4) is 11.3 Å². The Kier molecular flexibility index (Phi) is 3.54. The Labute approximate surface area is 119 Å². The Morgan fingerprint density at radius 3 is 2.00 bits per heavy atom. The second kappa shape index (κ2) is 4.77. The predicted molar refractivity (Wildman–Crippen MR) is 75.7 cm³/mol. The monoisotopic (exact) mass is 300 g/mol. The molecule has 0 amide bonds. The van der Waals surface area contributed by atoms with E-state index in [1.165, 1.54) is 23.5 Å². The summed E-state index contributed by atoms with van der Waals surface area (Å²) in [5, 5.41) is 1.39. The lowest BCUT2D eigenvalue weighted by atomic mass is 9.98. The number of benzene rings is 1. The molecule has 20 heavy (non-hydrogen) atoms. The SMILES string of the molecule is CC(C)(C)c1nc(-c2ccc(C(F)(F)F)cc2)c(N)s1. The lowest BCUT2D eigenvalue weighted by molar-refractivity contribution is -0.137. The summed E-state index contributed by atoms with van der Waals surface area (Å²) in [6, 6.07) is 4.90. The lowest BCUT2D eigenvalue weighted by Crippen LogP contribution is -2.10. The van der Waals surface area contributed by atoms with Gasteiger partial charge in [-0.2, -0.15) is 13.2 Å². The number of hydrogen-bond acceptors (Lipinski definition) is 3. The van der Waals surface area contributed by atoms with Crippen molar-refractivity contribution in [2.24, 2.45) is 0 Å². The van der Waals surface area contributed by atoms with Gasteiger partial charge in [0, 0.05) is 11.0 Å². The molecule has 1 aromatic heterocycles. The first-order valence-corrected chi connectivity index (χ1v) is 6.85. The maximum atomic E-state index is 12.5.